The molecule has 0 N–H and O–H groups in total. The van der Waals surface area contributed by atoms with E-state index in [1.54, 1.807) is 0 Å². The van der Waals surface area contributed by atoms with Gasteiger partial charge in [-0.1, -0.05) is 41.0 Å². The minimum atomic E-state index is 0.333. The van der Waals surface area contributed by atoms with Crippen LogP contribution in [0.2, 0.25) is 0 Å². The molecule has 0 spiro atoms. The van der Waals surface area contributed by atoms with Crippen LogP contribution in [0.25, 0.3) is 0 Å². The zero-order valence-corrected chi connectivity index (χ0v) is 9.96. The lowest BCUT2D eigenvalue weighted by atomic mass is 9.76. The molecular weight excluding hydrogens is 164 g/mol. The van der Waals surface area contributed by atoms with Crippen molar-refractivity contribution >= 4 is 12.6 Å². The van der Waals surface area contributed by atoms with Gasteiger partial charge in [0.15, 0.2) is 0 Å². The Hall–Kier alpha value is 0.350. The van der Waals surface area contributed by atoms with Crippen LogP contribution in [0, 0.1) is 10.8 Å². The van der Waals surface area contributed by atoms with Crippen LogP contribution in [-0.4, -0.2) is 4.75 Å². The first-order chi connectivity index (χ1) is 5.27. The molecule has 0 bridgehead atoms. The van der Waals surface area contributed by atoms with Crippen molar-refractivity contribution in [3.63, 3.8) is 0 Å². The molecule has 72 valence electrons. The van der Waals surface area contributed by atoms with Crippen molar-refractivity contribution in [3.05, 3.63) is 0 Å². The second-order valence-corrected chi connectivity index (χ2v) is 6.40. The van der Waals surface area contributed by atoms with Gasteiger partial charge in [-0.3, -0.25) is 0 Å². The predicted molar refractivity (Wildman–Crippen MR) is 58.8 cm³/mol. The molecule has 1 saturated carbocycles. The number of rotatable bonds is 2. The summed E-state index contributed by atoms with van der Waals surface area (Å²) in [4.78, 5) is 0. The van der Waals surface area contributed by atoms with Crippen LogP contribution in [-0.2, 0) is 0 Å². The molecule has 12 heavy (non-hydrogen) atoms. The second kappa shape index (κ2) is 2.67. The second-order valence-electron chi connectivity index (χ2n) is 5.54. The van der Waals surface area contributed by atoms with Gasteiger partial charge in [-0.25, -0.2) is 0 Å². The average Bonchev–Trinajstić information content (AvgIpc) is 2.35. The Labute approximate surface area is 82.5 Å². The molecule has 1 heteroatoms. The third-order valence-corrected chi connectivity index (χ3v) is 4.74. The third-order valence-electron chi connectivity index (χ3n) is 3.87. The Morgan fingerprint density at radius 3 is 2.08 bits per heavy atom. The highest BCUT2D eigenvalue weighted by atomic mass is 32.1. The molecule has 0 heterocycles. The SMILES string of the molecule is CCCC1(S)CC1(C)C(C)(C)C. The first kappa shape index (κ1) is 10.4. The molecular formula is C11H22S. The Morgan fingerprint density at radius 1 is 1.33 bits per heavy atom. The first-order valence-corrected chi connectivity index (χ1v) is 5.44. The molecule has 0 aromatic heterocycles. The molecule has 0 aromatic carbocycles. The maximum absolute atomic E-state index is 4.82. The molecule has 1 aliphatic carbocycles. The van der Waals surface area contributed by atoms with Gasteiger partial charge in [0.2, 0.25) is 0 Å². The van der Waals surface area contributed by atoms with Crippen molar-refractivity contribution in [1.29, 1.82) is 0 Å². The van der Waals surface area contributed by atoms with Crippen molar-refractivity contribution in [2.75, 3.05) is 0 Å². The summed E-state index contributed by atoms with van der Waals surface area (Å²) in [6, 6.07) is 0. The Kier molecular flexibility index (Phi) is 2.32. The molecule has 2 unspecified atom stereocenters. The van der Waals surface area contributed by atoms with Crippen LogP contribution in [0.1, 0.15) is 53.9 Å². The van der Waals surface area contributed by atoms with E-state index in [1.165, 1.54) is 19.3 Å². The van der Waals surface area contributed by atoms with Crippen molar-refractivity contribution in [2.24, 2.45) is 10.8 Å². The van der Waals surface area contributed by atoms with E-state index in [1.807, 2.05) is 0 Å². The van der Waals surface area contributed by atoms with E-state index in [2.05, 4.69) is 34.6 Å². The van der Waals surface area contributed by atoms with Gasteiger partial charge in [0.05, 0.1) is 0 Å². The van der Waals surface area contributed by atoms with E-state index in [0.29, 0.717) is 15.6 Å². The molecule has 0 saturated heterocycles. The topological polar surface area (TPSA) is 0 Å². The van der Waals surface area contributed by atoms with Gasteiger partial charge in [-0.05, 0) is 23.7 Å². The fourth-order valence-corrected chi connectivity index (χ4v) is 3.16. The zero-order valence-electron chi connectivity index (χ0n) is 9.07. The normalized spacial score (nSPS) is 41.5. The summed E-state index contributed by atoms with van der Waals surface area (Å²) in [6.45, 7) is 11.6. The van der Waals surface area contributed by atoms with Gasteiger partial charge in [0.1, 0.15) is 0 Å². The van der Waals surface area contributed by atoms with Gasteiger partial charge in [0.25, 0.3) is 0 Å². The van der Waals surface area contributed by atoms with Gasteiger partial charge in [-0.15, -0.1) is 0 Å². The van der Waals surface area contributed by atoms with Crippen LogP contribution in [0.5, 0.6) is 0 Å². The fraction of sp³-hybridized carbons (Fsp3) is 1.00. The van der Waals surface area contributed by atoms with Gasteiger partial charge >= 0.3 is 0 Å². The molecule has 0 nitrogen and oxygen atoms in total. The monoisotopic (exact) mass is 186 g/mol. The largest absolute Gasteiger partial charge is 0.172 e. The highest BCUT2D eigenvalue weighted by Crippen LogP contribution is 2.70. The summed E-state index contributed by atoms with van der Waals surface area (Å²) < 4.78 is 0.333. The van der Waals surface area contributed by atoms with Gasteiger partial charge < -0.3 is 0 Å². The Balaban J connectivity index is 2.70. The van der Waals surface area contributed by atoms with Crippen LogP contribution in [0.3, 0.4) is 0 Å². The molecule has 1 rings (SSSR count). The standard InChI is InChI=1S/C11H22S/c1-6-7-11(12)8-10(11,5)9(2,3)4/h12H,6-8H2,1-5H3. The summed E-state index contributed by atoms with van der Waals surface area (Å²) in [5.41, 5.74) is 0.864. The molecule has 0 aromatic rings. The van der Waals surface area contributed by atoms with Crippen molar-refractivity contribution < 1.29 is 0 Å². The lowest BCUT2D eigenvalue weighted by Gasteiger charge is -2.31. The summed E-state index contributed by atoms with van der Waals surface area (Å²) in [5.74, 6) is 0. The summed E-state index contributed by atoms with van der Waals surface area (Å²) in [6.07, 6.45) is 3.82. The first-order valence-electron chi connectivity index (χ1n) is 4.99. The van der Waals surface area contributed by atoms with E-state index < -0.39 is 0 Å². The van der Waals surface area contributed by atoms with E-state index in [0.717, 1.165) is 0 Å². The van der Waals surface area contributed by atoms with Crippen molar-refractivity contribution in [2.45, 2.75) is 58.6 Å². The lowest BCUT2D eigenvalue weighted by Crippen LogP contribution is -2.26. The maximum atomic E-state index is 4.82. The Bertz CT molecular complexity index is 180. The van der Waals surface area contributed by atoms with E-state index >= 15 is 0 Å². The van der Waals surface area contributed by atoms with Gasteiger partial charge in [-0.2, -0.15) is 12.6 Å². The minimum Gasteiger partial charge on any atom is -0.172 e. The number of hydrogen-bond donors (Lipinski definition) is 1. The quantitative estimate of drug-likeness (QED) is 0.621. The molecule has 1 aliphatic rings. The number of thiol groups is 1. The van der Waals surface area contributed by atoms with Crippen LogP contribution in [0.4, 0.5) is 0 Å². The van der Waals surface area contributed by atoms with E-state index in [9.17, 15) is 0 Å². The van der Waals surface area contributed by atoms with Crippen LogP contribution >= 0.6 is 12.6 Å². The highest BCUT2D eigenvalue weighted by Gasteiger charge is 2.66. The summed E-state index contributed by atoms with van der Waals surface area (Å²) >= 11 is 4.82. The van der Waals surface area contributed by atoms with E-state index in [4.69, 9.17) is 12.6 Å². The average molecular weight is 186 g/mol. The third kappa shape index (κ3) is 1.30. The van der Waals surface area contributed by atoms with E-state index in [-0.39, 0.29) is 0 Å². The van der Waals surface area contributed by atoms with Gasteiger partial charge in [0, 0.05) is 4.75 Å². The Morgan fingerprint density at radius 2 is 1.83 bits per heavy atom. The van der Waals surface area contributed by atoms with Crippen LogP contribution < -0.4 is 0 Å². The molecule has 0 amide bonds. The molecule has 1 fully saturated rings. The minimum absolute atomic E-state index is 0.333. The van der Waals surface area contributed by atoms with Crippen molar-refractivity contribution in [1.82, 2.24) is 0 Å². The fourth-order valence-electron chi connectivity index (χ4n) is 2.28. The molecule has 0 radical (unpaired) electrons. The van der Waals surface area contributed by atoms with Crippen molar-refractivity contribution in [3.8, 4) is 0 Å². The lowest BCUT2D eigenvalue weighted by molar-refractivity contribution is 0.219. The zero-order chi connectivity index (χ0) is 9.62. The highest BCUT2D eigenvalue weighted by molar-refractivity contribution is 7.82. The molecule has 2 atom stereocenters. The smallest absolute Gasteiger partial charge is 0.0194 e. The summed E-state index contributed by atoms with van der Waals surface area (Å²) in [7, 11) is 0. The maximum Gasteiger partial charge on any atom is 0.0194 e. The van der Waals surface area contributed by atoms with Crippen LogP contribution in [0.15, 0.2) is 0 Å². The predicted octanol–water partition coefficient (Wildman–Crippen LogP) is 3.91. The summed E-state index contributed by atoms with van der Waals surface area (Å²) in [5, 5.41) is 0. The molecule has 0 aliphatic heterocycles. The number of hydrogen-bond acceptors (Lipinski definition) is 1.